The van der Waals surface area contributed by atoms with Crippen molar-refractivity contribution in [3.8, 4) is 0 Å². The number of nitrogens with one attached hydrogen (secondary N) is 1. The number of hydrogen-bond donors (Lipinski definition) is 1. The maximum absolute atomic E-state index is 13.3. The van der Waals surface area contributed by atoms with Gasteiger partial charge in [-0.3, -0.25) is 0 Å². The van der Waals surface area contributed by atoms with Crippen LogP contribution in [0.15, 0.2) is 22.7 Å². The molecule has 0 fully saturated rings. The number of aromatic nitrogens is 1. The molecule has 0 bridgehead atoms. The Morgan fingerprint density at radius 1 is 1.44 bits per heavy atom. The average Bonchev–Trinajstić information content (AvgIpc) is 2.56. The van der Waals surface area contributed by atoms with E-state index in [1.165, 1.54) is 11.8 Å². The van der Waals surface area contributed by atoms with Gasteiger partial charge in [0, 0.05) is 34.7 Å². The number of nitrogens with zero attached hydrogens (tertiary/aromatic N) is 1. The lowest BCUT2D eigenvalue weighted by atomic mass is 10.2. The molecular formula is C12H12BrFN2. The fourth-order valence-electron chi connectivity index (χ4n) is 2.48. The number of benzene rings is 1. The van der Waals surface area contributed by atoms with Crippen LogP contribution in [0.2, 0.25) is 0 Å². The lowest BCUT2D eigenvalue weighted by Crippen LogP contribution is -2.30. The van der Waals surface area contributed by atoms with Gasteiger partial charge in [-0.15, -0.1) is 0 Å². The zero-order valence-electron chi connectivity index (χ0n) is 8.93. The van der Waals surface area contributed by atoms with Crippen molar-refractivity contribution in [2.24, 2.45) is 0 Å². The van der Waals surface area contributed by atoms with Crippen molar-refractivity contribution >= 4 is 26.8 Å². The molecule has 1 N–H and O–H groups in total. The number of fused-ring (bicyclic) bond motifs is 3. The van der Waals surface area contributed by atoms with Gasteiger partial charge in [0.05, 0.1) is 5.52 Å². The van der Waals surface area contributed by atoms with E-state index in [0.29, 0.717) is 6.04 Å². The van der Waals surface area contributed by atoms with Crippen molar-refractivity contribution in [3.05, 3.63) is 34.2 Å². The quantitative estimate of drug-likeness (QED) is 0.785. The molecule has 0 amide bonds. The van der Waals surface area contributed by atoms with E-state index in [-0.39, 0.29) is 5.82 Å². The van der Waals surface area contributed by atoms with Crippen LogP contribution in [0.4, 0.5) is 4.39 Å². The Hall–Kier alpha value is -0.870. The molecule has 84 valence electrons. The van der Waals surface area contributed by atoms with Gasteiger partial charge in [0.1, 0.15) is 5.82 Å². The Bertz CT molecular complexity index is 562. The summed E-state index contributed by atoms with van der Waals surface area (Å²) in [5.41, 5.74) is 2.32. The van der Waals surface area contributed by atoms with E-state index in [2.05, 4.69) is 38.8 Å². The van der Waals surface area contributed by atoms with Gasteiger partial charge in [-0.05, 0) is 41.1 Å². The van der Waals surface area contributed by atoms with Gasteiger partial charge in [-0.2, -0.15) is 0 Å². The molecule has 1 aromatic heterocycles. The van der Waals surface area contributed by atoms with E-state index >= 15 is 0 Å². The summed E-state index contributed by atoms with van der Waals surface area (Å²) in [6, 6.07) is 5.59. The third kappa shape index (κ3) is 1.40. The van der Waals surface area contributed by atoms with Crippen LogP contribution in [-0.2, 0) is 6.54 Å². The standard InChI is InChI=1S/C12H12BrFN2/c1-7-5-15-6-10-3-8-2-9(14)4-11(13)12(8)16(7)10/h2-4,7,15H,5-6H2,1H3. The fraction of sp³-hybridized carbons (Fsp3) is 0.333. The Labute approximate surface area is 102 Å². The van der Waals surface area contributed by atoms with E-state index in [4.69, 9.17) is 0 Å². The molecule has 1 aromatic carbocycles. The second kappa shape index (κ2) is 3.57. The van der Waals surface area contributed by atoms with Gasteiger partial charge in [-0.1, -0.05) is 0 Å². The lowest BCUT2D eigenvalue weighted by Gasteiger charge is -2.25. The smallest absolute Gasteiger partial charge is 0.125 e. The zero-order valence-corrected chi connectivity index (χ0v) is 10.5. The molecule has 2 nitrogen and oxygen atoms in total. The molecule has 0 spiro atoms. The van der Waals surface area contributed by atoms with Crippen molar-refractivity contribution < 1.29 is 4.39 Å². The van der Waals surface area contributed by atoms with Crippen LogP contribution in [0.5, 0.6) is 0 Å². The molecule has 3 rings (SSSR count). The molecule has 0 radical (unpaired) electrons. The number of halogens is 2. The first-order valence-electron chi connectivity index (χ1n) is 5.36. The largest absolute Gasteiger partial charge is 0.338 e. The van der Waals surface area contributed by atoms with Gasteiger partial charge >= 0.3 is 0 Å². The highest BCUT2D eigenvalue weighted by atomic mass is 79.9. The van der Waals surface area contributed by atoms with Crippen molar-refractivity contribution in [2.45, 2.75) is 19.5 Å². The summed E-state index contributed by atoms with van der Waals surface area (Å²) >= 11 is 3.45. The van der Waals surface area contributed by atoms with Crippen molar-refractivity contribution in [3.63, 3.8) is 0 Å². The monoisotopic (exact) mass is 282 g/mol. The third-order valence-electron chi connectivity index (χ3n) is 3.12. The Morgan fingerprint density at radius 3 is 3.06 bits per heavy atom. The van der Waals surface area contributed by atoms with Gasteiger partial charge in [0.2, 0.25) is 0 Å². The van der Waals surface area contributed by atoms with Crippen LogP contribution < -0.4 is 5.32 Å². The topological polar surface area (TPSA) is 17.0 Å². The van der Waals surface area contributed by atoms with E-state index in [1.807, 2.05) is 0 Å². The van der Waals surface area contributed by atoms with E-state index < -0.39 is 0 Å². The van der Waals surface area contributed by atoms with E-state index in [0.717, 1.165) is 28.5 Å². The molecule has 1 aliphatic heterocycles. The summed E-state index contributed by atoms with van der Waals surface area (Å²) in [6.45, 7) is 3.98. The maximum Gasteiger partial charge on any atom is 0.125 e. The SMILES string of the molecule is CC1CNCc2cc3cc(F)cc(Br)c3n21. The molecule has 0 saturated carbocycles. The van der Waals surface area contributed by atoms with Crippen LogP contribution in [0.25, 0.3) is 10.9 Å². The van der Waals surface area contributed by atoms with Gasteiger partial charge in [-0.25, -0.2) is 4.39 Å². The number of hydrogen-bond acceptors (Lipinski definition) is 1. The Balaban J connectivity index is 2.38. The predicted molar refractivity (Wildman–Crippen MR) is 66.0 cm³/mol. The van der Waals surface area contributed by atoms with E-state index in [1.54, 1.807) is 6.07 Å². The van der Waals surface area contributed by atoms with Gasteiger partial charge in [0.25, 0.3) is 0 Å². The molecule has 1 unspecified atom stereocenters. The highest BCUT2D eigenvalue weighted by Crippen LogP contribution is 2.32. The highest BCUT2D eigenvalue weighted by Gasteiger charge is 2.20. The van der Waals surface area contributed by atoms with Crippen LogP contribution in [0, 0.1) is 5.82 Å². The second-order valence-corrected chi connectivity index (χ2v) is 5.17. The van der Waals surface area contributed by atoms with Crippen molar-refractivity contribution in [1.82, 2.24) is 9.88 Å². The van der Waals surface area contributed by atoms with Gasteiger partial charge < -0.3 is 9.88 Å². The Morgan fingerprint density at radius 2 is 2.25 bits per heavy atom. The van der Waals surface area contributed by atoms with Crippen molar-refractivity contribution in [1.29, 1.82) is 0 Å². The average molecular weight is 283 g/mol. The zero-order chi connectivity index (χ0) is 11.3. The minimum Gasteiger partial charge on any atom is -0.338 e. The summed E-state index contributed by atoms with van der Waals surface area (Å²) < 4.78 is 16.4. The summed E-state index contributed by atoms with van der Waals surface area (Å²) in [5, 5.41) is 4.33. The molecular weight excluding hydrogens is 271 g/mol. The molecule has 16 heavy (non-hydrogen) atoms. The third-order valence-corrected chi connectivity index (χ3v) is 3.72. The first-order valence-corrected chi connectivity index (χ1v) is 6.15. The first-order chi connectivity index (χ1) is 7.66. The molecule has 2 aromatic rings. The van der Waals surface area contributed by atoms with Crippen LogP contribution >= 0.6 is 15.9 Å². The van der Waals surface area contributed by atoms with Crippen LogP contribution in [-0.4, -0.2) is 11.1 Å². The normalized spacial score (nSPS) is 20.1. The molecule has 2 heterocycles. The second-order valence-electron chi connectivity index (χ2n) is 4.31. The van der Waals surface area contributed by atoms with Crippen LogP contribution in [0.3, 0.4) is 0 Å². The van der Waals surface area contributed by atoms with Crippen molar-refractivity contribution in [2.75, 3.05) is 6.54 Å². The number of rotatable bonds is 0. The summed E-state index contributed by atoms with van der Waals surface area (Å²) in [6.07, 6.45) is 0. The minimum atomic E-state index is -0.192. The Kier molecular flexibility index (Phi) is 2.30. The first kappa shape index (κ1) is 10.3. The fourth-order valence-corrected chi connectivity index (χ4v) is 3.12. The summed E-state index contributed by atoms with van der Waals surface area (Å²) in [7, 11) is 0. The lowest BCUT2D eigenvalue weighted by molar-refractivity contribution is 0.439. The molecule has 1 aliphatic rings. The van der Waals surface area contributed by atoms with E-state index in [9.17, 15) is 4.39 Å². The molecule has 4 heteroatoms. The molecule has 1 atom stereocenters. The predicted octanol–water partition coefficient (Wildman–Crippen LogP) is 3.21. The molecule has 0 saturated heterocycles. The highest BCUT2D eigenvalue weighted by molar-refractivity contribution is 9.10. The molecule has 0 aliphatic carbocycles. The maximum atomic E-state index is 13.3. The van der Waals surface area contributed by atoms with Gasteiger partial charge in [0.15, 0.2) is 0 Å². The summed E-state index contributed by atoms with van der Waals surface area (Å²) in [4.78, 5) is 0. The van der Waals surface area contributed by atoms with Crippen LogP contribution in [0.1, 0.15) is 18.7 Å². The minimum absolute atomic E-state index is 0.192. The summed E-state index contributed by atoms with van der Waals surface area (Å²) in [5.74, 6) is -0.192.